The summed E-state index contributed by atoms with van der Waals surface area (Å²) in [5.74, 6) is 0. The zero-order valence-electron chi connectivity index (χ0n) is 6.29. The molecule has 0 unspecified atom stereocenters. The molecule has 0 heterocycles. The van der Waals surface area contributed by atoms with E-state index in [1.165, 1.54) is 0 Å². The van der Waals surface area contributed by atoms with Crippen LogP contribution in [0, 0.1) is 18.3 Å². The normalized spacial score (nSPS) is 9.18. The standard InChI is InChI=1S/C9H8NO/c1-7-2-8(5-10)4-9(3-7)6-11/h2-4H,6H2,1H3. The highest BCUT2D eigenvalue weighted by atomic mass is 16.3. The van der Waals surface area contributed by atoms with Crippen LogP contribution in [0.2, 0.25) is 0 Å². The van der Waals surface area contributed by atoms with Crippen molar-refractivity contribution in [3.05, 3.63) is 34.9 Å². The molecule has 0 saturated heterocycles. The molecule has 0 spiro atoms. The van der Waals surface area contributed by atoms with Crippen LogP contribution in [0.25, 0.3) is 0 Å². The van der Waals surface area contributed by atoms with E-state index in [1.54, 1.807) is 18.2 Å². The summed E-state index contributed by atoms with van der Waals surface area (Å²) >= 11 is 0. The van der Waals surface area contributed by atoms with Gasteiger partial charge in [-0.25, -0.2) is 5.11 Å². The molecule has 2 heteroatoms. The van der Waals surface area contributed by atoms with E-state index < -0.39 is 0 Å². The zero-order valence-corrected chi connectivity index (χ0v) is 6.29. The Labute approximate surface area is 65.7 Å². The Kier molecular flexibility index (Phi) is 2.25. The highest BCUT2D eigenvalue weighted by Gasteiger charge is 1.96. The van der Waals surface area contributed by atoms with Crippen LogP contribution >= 0.6 is 0 Å². The van der Waals surface area contributed by atoms with Gasteiger partial charge in [-0.15, -0.1) is 0 Å². The van der Waals surface area contributed by atoms with Crippen LogP contribution in [-0.2, 0) is 11.7 Å². The quantitative estimate of drug-likeness (QED) is 0.595. The van der Waals surface area contributed by atoms with Crippen LogP contribution in [0.3, 0.4) is 0 Å². The molecule has 0 aliphatic carbocycles. The molecule has 0 amide bonds. The topological polar surface area (TPSA) is 43.7 Å². The predicted octanol–water partition coefficient (Wildman–Crippen LogP) is 1.80. The van der Waals surface area contributed by atoms with E-state index in [2.05, 4.69) is 0 Å². The number of aryl methyl sites for hydroxylation is 1. The van der Waals surface area contributed by atoms with E-state index in [1.807, 2.05) is 13.0 Å². The van der Waals surface area contributed by atoms with Gasteiger partial charge in [0.25, 0.3) is 0 Å². The van der Waals surface area contributed by atoms with Crippen molar-refractivity contribution in [3.63, 3.8) is 0 Å². The Hall–Kier alpha value is -1.33. The van der Waals surface area contributed by atoms with Gasteiger partial charge in [0.15, 0.2) is 0 Å². The van der Waals surface area contributed by atoms with Crippen LogP contribution < -0.4 is 0 Å². The molecular formula is C9H8NO. The van der Waals surface area contributed by atoms with Crippen LogP contribution in [0.1, 0.15) is 16.7 Å². The molecule has 55 valence electrons. The van der Waals surface area contributed by atoms with E-state index in [9.17, 15) is 5.11 Å². The maximum atomic E-state index is 10.4. The first-order chi connectivity index (χ1) is 5.26. The van der Waals surface area contributed by atoms with Gasteiger partial charge in [-0.2, -0.15) is 5.26 Å². The van der Waals surface area contributed by atoms with Gasteiger partial charge < -0.3 is 0 Å². The van der Waals surface area contributed by atoms with Crippen molar-refractivity contribution in [2.45, 2.75) is 13.5 Å². The van der Waals surface area contributed by atoms with Gasteiger partial charge in [0.05, 0.1) is 11.6 Å². The zero-order chi connectivity index (χ0) is 8.27. The monoisotopic (exact) mass is 146 g/mol. The molecule has 0 N–H and O–H groups in total. The summed E-state index contributed by atoms with van der Waals surface area (Å²) in [6.07, 6.45) is 0. The number of nitriles is 1. The first kappa shape index (κ1) is 7.77. The minimum atomic E-state index is -0.254. The molecule has 1 rings (SSSR count). The average molecular weight is 146 g/mol. The molecule has 1 aromatic carbocycles. The Bertz CT molecular complexity index is 299. The first-order valence-corrected chi connectivity index (χ1v) is 3.35. The Morgan fingerprint density at radius 1 is 1.45 bits per heavy atom. The molecule has 0 atom stereocenters. The maximum Gasteiger partial charge on any atom is 0.107 e. The van der Waals surface area contributed by atoms with E-state index >= 15 is 0 Å². The van der Waals surface area contributed by atoms with Crippen LogP contribution in [0.4, 0.5) is 0 Å². The summed E-state index contributed by atoms with van der Waals surface area (Å²) in [5, 5.41) is 19.0. The molecule has 1 aromatic rings. The van der Waals surface area contributed by atoms with E-state index in [0.717, 1.165) is 5.56 Å². The lowest BCUT2D eigenvalue weighted by Gasteiger charge is -1.97. The van der Waals surface area contributed by atoms with Crippen molar-refractivity contribution in [2.24, 2.45) is 0 Å². The summed E-state index contributed by atoms with van der Waals surface area (Å²) in [5.41, 5.74) is 2.22. The van der Waals surface area contributed by atoms with Crippen molar-refractivity contribution in [1.82, 2.24) is 0 Å². The number of hydrogen-bond donors (Lipinski definition) is 0. The third kappa shape index (κ3) is 1.79. The highest BCUT2D eigenvalue weighted by molar-refractivity contribution is 5.36. The van der Waals surface area contributed by atoms with Gasteiger partial charge in [-0.05, 0) is 30.2 Å². The largest absolute Gasteiger partial charge is 0.232 e. The molecule has 0 aliphatic rings. The molecule has 0 aliphatic heterocycles. The average Bonchev–Trinajstić information content (AvgIpc) is 2.03. The van der Waals surface area contributed by atoms with Crippen LogP contribution in [0.5, 0.6) is 0 Å². The molecule has 0 saturated carbocycles. The maximum absolute atomic E-state index is 10.4. The predicted molar refractivity (Wildman–Crippen MR) is 40.3 cm³/mol. The Balaban J connectivity index is 3.15. The van der Waals surface area contributed by atoms with E-state index in [4.69, 9.17) is 5.26 Å². The fourth-order valence-corrected chi connectivity index (χ4v) is 1.01. The fraction of sp³-hybridized carbons (Fsp3) is 0.222. The number of rotatable bonds is 1. The third-order valence-corrected chi connectivity index (χ3v) is 1.43. The van der Waals surface area contributed by atoms with Gasteiger partial charge in [0, 0.05) is 0 Å². The minimum absolute atomic E-state index is 0.254. The molecule has 0 bridgehead atoms. The molecule has 2 nitrogen and oxygen atoms in total. The summed E-state index contributed by atoms with van der Waals surface area (Å²) < 4.78 is 0. The van der Waals surface area contributed by atoms with Gasteiger partial charge in [-0.1, -0.05) is 6.07 Å². The van der Waals surface area contributed by atoms with Gasteiger partial charge in [-0.3, -0.25) is 0 Å². The molecular weight excluding hydrogens is 138 g/mol. The van der Waals surface area contributed by atoms with Crippen molar-refractivity contribution in [1.29, 1.82) is 5.26 Å². The number of benzene rings is 1. The van der Waals surface area contributed by atoms with Crippen LogP contribution in [0.15, 0.2) is 18.2 Å². The number of nitrogens with zero attached hydrogens (tertiary/aromatic N) is 1. The Morgan fingerprint density at radius 3 is 2.73 bits per heavy atom. The smallest absolute Gasteiger partial charge is 0.107 e. The van der Waals surface area contributed by atoms with Crippen molar-refractivity contribution in [2.75, 3.05) is 0 Å². The first-order valence-electron chi connectivity index (χ1n) is 3.35. The van der Waals surface area contributed by atoms with Gasteiger partial charge >= 0.3 is 0 Å². The third-order valence-electron chi connectivity index (χ3n) is 1.43. The molecule has 1 radical (unpaired) electrons. The van der Waals surface area contributed by atoms with Crippen molar-refractivity contribution in [3.8, 4) is 6.07 Å². The summed E-state index contributed by atoms with van der Waals surface area (Å²) in [7, 11) is 0. The number of hydrogen-bond acceptors (Lipinski definition) is 1. The summed E-state index contributed by atoms with van der Waals surface area (Å²) in [4.78, 5) is 0. The lowest BCUT2D eigenvalue weighted by atomic mass is 10.1. The van der Waals surface area contributed by atoms with Crippen molar-refractivity contribution < 1.29 is 5.11 Å². The lowest BCUT2D eigenvalue weighted by molar-refractivity contribution is 0.177. The lowest BCUT2D eigenvalue weighted by Crippen LogP contribution is -1.85. The molecule has 11 heavy (non-hydrogen) atoms. The van der Waals surface area contributed by atoms with Gasteiger partial charge in [0.2, 0.25) is 0 Å². The van der Waals surface area contributed by atoms with Crippen molar-refractivity contribution >= 4 is 0 Å². The molecule has 0 aromatic heterocycles. The van der Waals surface area contributed by atoms with E-state index in [-0.39, 0.29) is 6.61 Å². The Morgan fingerprint density at radius 2 is 2.18 bits per heavy atom. The summed E-state index contributed by atoms with van der Waals surface area (Å²) in [6.45, 7) is 1.62. The minimum Gasteiger partial charge on any atom is -0.232 e. The van der Waals surface area contributed by atoms with Crippen LogP contribution in [-0.4, -0.2) is 0 Å². The molecule has 0 fully saturated rings. The second-order valence-electron chi connectivity index (χ2n) is 2.46. The van der Waals surface area contributed by atoms with E-state index in [0.29, 0.717) is 11.1 Å². The second-order valence-corrected chi connectivity index (χ2v) is 2.46. The summed E-state index contributed by atoms with van der Waals surface area (Å²) in [6, 6.07) is 7.19. The fourth-order valence-electron chi connectivity index (χ4n) is 1.01. The van der Waals surface area contributed by atoms with Gasteiger partial charge in [0.1, 0.15) is 6.61 Å². The SMILES string of the molecule is Cc1cc(C#N)cc(C[O])c1. The highest BCUT2D eigenvalue weighted by Crippen LogP contribution is 2.08. The second kappa shape index (κ2) is 3.18.